The van der Waals surface area contributed by atoms with Crippen LogP contribution in [0.25, 0.3) is 0 Å². The van der Waals surface area contributed by atoms with Gasteiger partial charge in [-0.3, -0.25) is 0 Å². The molecule has 1 heteroatoms. The molecule has 0 aliphatic heterocycles. The van der Waals surface area contributed by atoms with Crippen molar-refractivity contribution in [2.24, 2.45) is 5.92 Å². The Labute approximate surface area is 143 Å². The van der Waals surface area contributed by atoms with Crippen molar-refractivity contribution in [3.63, 3.8) is 0 Å². The lowest BCUT2D eigenvalue weighted by atomic mass is 9.77. The molecule has 1 fully saturated rings. The van der Waals surface area contributed by atoms with E-state index in [-0.39, 0.29) is 0 Å². The van der Waals surface area contributed by atoms with E-state index in [1.165, 1.54) is 69.8 Å². The van der Waals surface area contributed by atoms with Crippen LogP contribution < -0.4 is 0 Å². The maximum absolute atomic E-state index is 5.88. The summed E-state index contributed by atoms with van der Waals surface area (Å²) in [5, 5.41) is 0. The molecule has 0 aromatic carbocycles. The molecular weight excluding hydrogens is 280 g/mol. The summed E-state index contributed by atoms with van der Waals surface area (Å²) < 4.78 is 5.88. The molecule has 0 aromatic heterocycles. The van der Waals surface area contributed by atoms with Crippen LogP contribution in [0.3, 0.4) is 0 Å². The second kappa shape index (κ2) is 10.7. The summed E-state index contributed by atoms with van der Waals surface area (Å²) >= 11 is 0. The van der Waals surface area contributed by atoms with Crippen molar-refractivity contribution in [3.8, 4) is 0 Å². The lowest BCUT2D eigenvalue weighted by molar-refractivity contribution is 0.240. The van der Waals surface area contributed by atoms with Gasteiger partial charge in [0.1, 0.15) is 0 Å². The fraction of sp³-hybridized carbons (Fsp3) is 0.727. The van der Waals surface area contributed by atoms with Crippen LogP contribution in [-0.4, -0.2) is 6.61 Å². The Kier molecular flexibility index (Phi) is 8.57. The van der Waals surface area contributed by atoms with Gasteiger partial charge in [-0.25, -0.2) is 0 Å². The zero-order valence-electron chi connectivity index (χ0n) is 15.4. The summed E-state index contributed by atoms with van der Waals surface area (Å²) in [4.78, 5) is 0. The molecule has 23 heavy (non-hydrogen) atoms. The first kappa shape index (κ1) is 18.4. The average Bonchev–Trinajstić information content (AvgIpc) is 2.60. The average molecular weight is 317 g/mol. The van der Waals surface area contributed by atoms with Crippen molar-refractivity contribution >= 4 is 0 Å². The molecule has 2 aliphatic rings. The van der Waals surface area contributed by atoms with Gasteiger partial charge in [-0.15, -0.1) is 0 Å². The highest BCUT2D eigenvalue weighted by atomic mass is 16.5. The maximum atomic E-state index is 5.88. The Balaban J connectivity index is 2.02. The lowest BCUT2D eigenvalue weighted by Crippen LogP contribution is -2.13. The standard InChI is InChI=1S/C22H36O/c1-3-5-8-11-19-14-15-22(20-12-9-7-10-13-20)21(17-19)18-23-16-6-4-2/h14-15,18,20H,3-13,16-17H2,1-2H3/b21-18+. The van der Waals surface area contributed by atoms with E-state index in [0.29, 0.717) is 0 Å². The number of ether oxygens (including phenoxy) is 1. The largest absolute Gasteiger partial charge is 0.501 e. The predicted molar refractivity (Wildman–Crippen MR) is 100 cm³/mol. The number of hydrogen-bond acceptors (Lipinski definition) is 1. The second-order valence-electron chi connectivity index (χ2n) is 7.28. The summed E-state index contributed by atoms with van der Waals surface area (Å²) in [6.45, 7) is 5.37. The molecule has 0 unspecified atom stereocenters. The molecule has 0 bridgehead atoms. The van der Waals surface area contributed by atoms with Crippen LogP contribution in [0.15, 0.2) is 35.1 Å². The third kappa shape index (κ3) is 6.20. The molecule has 0 atom stereocenters. The smallest absolute Gasteiger partial charge is 0.0873 e. The normalized spacial score (nSPS) is 21.2. The molecule has 1 saturated carbocycles. The molecule has 0 amide bonds. The van der Waals surface area contributed by atoms with Gasteiger partial charge in [0.2, 0.25) is 0 Å². The molecule has 0 saturated heterocycles. The highest BCUT2D eigenvalue weighted by Gasteiger charge is 2.23. The number of rotatable bonds is 9. The Morgan fingerprint density at radius 1 is 1.00 bits per heavy atom. The first-order valence-corrected chi connectivity index (χ1v) is 10.1. The Bertz CT molecular complexity index is 421. The predicted octanol–water partition coefficient (Wildman–Crippen LogP) is 7.10. The summed E-state index contributed by atoms with van der Waals surface area (Å²) in [5.41, 5.74) is 4.66. The first-order chi connectivity index (χ1) is 11.3. The van der Waals surface area contributed by atoms with E-state index in [0.717, 1.165) is 25.4 Å². The molecule has 0 N–H and O–H groups in total. The quantitative estimate of drug-likeness (QED) is 0.325. The minimum absolute atomic E-state index is 0.776. The van der Waals surface area contributed by atoms with Crippen LogP contribution in [0.4, 0.5) is 0 Å². The fourth-order valence-corrected chi connectivity index (χ4v) is 3.80. The van der Waals surface area contributed by atoms with Crippen molar-refractivity contribution in [3.05, 3.63) is 35.1 Å². The monoisotopic (exact) mass is 316 g/mol. The van der Waals surface area contributed by atoms with Gasteiger partial charge in [0.25, 0.3) is 0 Å². The van der Waals surface area contributed by atoms with E-state index < -0.39 is 0 Å². The number of hydrogen-bond donors (Lipinski definition) is 0. The van der Waals surface area contributed by atoms with E-state index in [4.69, 9.17) is 4.74 Å². The van der Waals surface area contributed by atoms with Gasteiger partial charge < -0.3 is 4.74 Å². The van der Waals surface area contributed by atoms with E-state index in [1.807, 2.05) is 0 Å². The SMILES string of the molecule is CCCCCC1=CC=C(C2CCCCC2)/C(=C/OCCCC)C1. The van der Waals surface area contributed by atoms with E-state index in [1.54, 1.807) is 11.1 Å². The first-order valence-electron chi connectivity index (χ1n) is 10.1. The molecule has 1 nitrogen and oxygen atoms in total. The molecule has 2 rings (SSSR count). The Morgan fingerprint density at radius 3 is 2.52 bits per heavy atom. The van der Waals surface area contributed by atoms with Crippen molar-refractivity contribution in [2.75, 3.05) is 6.61 Å². The third-order valence-corrected chi connectivity index (χ3v) is 5.27. The van der Waals surface area contributed by atoms with E-state index in [2.05, 4.69) is 32.3 Å². The topological polar surface area (TPSA) is 9.23 Å². The summed E-state index contributed by atoms with van der Waals surface area (Å²) in [6, 6.07) is 0. The molecule has 0 spiro atoms. The van der Waals surface area contributed by atoms with Crippen molar-refractivity contribution in [1.29, 1.82) is 0 Å². The van der Waals surface area contributed by atoms with Crippen LogP contribution in [0.1, 0.15) is 90.9 Å². The summed E-state index contributed by atoms with van der Waals surface area (Å²) in [5.74, 6) is 0.776. The molecule has 0 radical (unpaired) electrons. The van der Waals surface area contributed by atoms with Gasteiger partial charge in [0.05, 0.1) is 12.9 Å². The van der Waals surface area contributed by atoms with Gasteiger partial charge in [-0.05, 0) is 55.6 Å². The molecular formula is C22H36O. The summed E-state index contributed by atoms with van der Waals surface area (Å²) in [7, 11) is 0. The van der Waals surface area contributed by atoms with Gasteiger partial charge in [-0.1, -0.05) is 70.1 Å². The van der Waals surface area contributed by atoms with Crippen LogP contribution in [-0.2, 0) is 4.74 Å². The molecule has 2 aliphatic carbocycles. The second-order valence-corrected chi connectivity index (χ2v) is 7.28. The Hall–Kier alpha value is -0.980. The van der Waals surface area contributed by atoms with Crippen LogP contribution >= 0.6 is 0 Å². The number of allylic oxidation sites excluding steroid dienone is 5. The highest BCUT2D eigenvalue weighted by Crippen LogP contribution is 2.38. The fourth-order valence-electron chi connectivity index (χ4n) is 3.80. The molecule has 0 aromatic rings. The van der Waals surface area contributed by atoms with Crippen LogP contribution in [0.2, 0.25) is 0 Å². The zero-order chi connectivity index (χ0) is 16.3. The summed E-state index contributed by atoms with van der Waals surface area (Å²) in [6.07, 6.45) is 22.7. The maximum Gasteiger partial charge on any atom is 0.0873 e. The van der Waals surface area contributed by atoms with Crippen molar-refractivity contribution in [1.82, 2.24) is 0 Å². The minimum atomic E-state index is 0.776. The van der Waals surface area contributed by atoms with Crippen LogP contribution in [0, 0.1) is 5.92 Å². The van der Waals surface area contributed by atoms with Gasteiger partial charge in [-0.2, -0.15) is 0 Å². The minimum Gasteiger partial charge on any atom is -0.501 e. The van der Waals surface area contributed by atoms with Gasteiger partial charge in [0, 0.05) is 0 Å². The zero-order valence-corrected chi connectivity index (χ0v) is 15.4. The van der Waals surface area contributed by atoms with E-state index >= 15 is 0 Å². The molecule has 130 valence electrons. The van der Waals surface area contributed by atoms with Crippen molar-refractivity contribution in [2.45, 2.75) is 90.9 Å². The lowest BCUT2D eigenvalue weighted by Gasteiger charge is -2.28. The van der Waals surface area contributed by atoms with E-state index in [9.17, 15) is 0 Å². The number of unbranched alkanes of at least 4 members (excludes halogenated alkanes) is 3. The third-order valence-electron chi connectivity index (χ3n) is 5.27. The Morgan fingerprint density at radius 2 is 1.78 bits per heavy atom. The van der Waals surface area contributed by atoms with Crippen molar-refractivity contribution < 1.29 is 4.74 Å². The van der Waals surface area contributed by atoms with Gasteiger partial charge in [0.15, 0.2) is 0 Å². The molecule has 0 heterocycles. The van der Waals surface area contributed by atoms with Crippen LogP contribution in [0.5, 0.6) is 0 Å². The van der Waals surface area contributed by atoms with Gasteiger partial charge >= 0.3 is 0 Å². The highest BCUT2D eigenvalue weighted by molar-refractivity contribution is 5.43.